The number of amides is 1. The number of oxime groups is 1. The van der Waals surface area contributed by atoms with Crippen molar-refractivity contribution in [1.82, 2.24) is 5.32 Å². The molecular weight excluding hydrogens is 264 g/mol. The van der Waals surface area contributed by atoms with Crippen LogP contribution in [0.15, 0.2) is 29.4 Å². The van der Waals surface area contributed by atoms with E-state index in [0.717, 1.165) is 5.56 Å². The van der Waals surface area contributed by atoms with Gasteiger partial charge in [-0.05, 0) is 30.5 Å². The van der Waals surface area contributed by atoms with Gasteiger partial charge in [-0.3, -0.25) is 4.79 Å². The van der Waals surface area contributed by atoms with Crippen LogP contribution in [-0.4, -0.2) is 24.8 Å². The van der Waals surface area contributed by atoms with Gasteiger partial charge in [-0.15, -0.1) is 0 Å². The molecule has 1 amide bonds. The molecule has 0 aliphatic carbocycles. The van der Waals surface area contributed by atoms with Crippen molar-refractivity contribution >= 4 is 23.7 Å². The third-order valence-electron chi connectivity index (χ3n) is 2.73. The summed E-state index contributed by atoms with van der Waals surface area (Å²) in [5.74, 6) is 0.218. The van der Waals surface area contributed by atoms with E-state index >= 15 is 0 Å². The fraction of sp³-hybridized carbons (Fsp3) is 0.429. The monoisotopic (exact) mass is 282 g/mol. The van der Waals surface area contributed by atoms with E-state index in [1.54, 1.807) is 12.1 Å². The summed E-state index contributed by atoms with van der Waals surface area (Å²) < 4.78 is 0. The molecule has 1 N–H and O–H groups in total. The highest BCUT2D eigenvalue weighted by molar-refractivity contribution is 6.30. The summed E-state index contributed by atoms with van der Waals surface area (Å²) in [6.45, 7) is 5.97. The Morgan fingerprint density at radius 3 is 2.58 bits per heavy atom. The van der Waals surface area contributed by atoms with Crippen LogP contribution < -0.4 is 5.32 Å². The lowest BCUT2D eigenvalue weighted by molar-refractivity contribution is -0.126. The number of hydrogen-bond acceptors (Lipinski definition) is 3. The largest absolute Gasteiger partial charge is 0.386 e. The molecule has 19 heavy (non-hydrogen) atoms. The summed E-state index contributed by atoms with van der Waals surface area (Å²) >= 11 is 5.76. The zero-order chi connectivity index (χ0) is 14.3. The number of carbonyl (C=O) groups is 1. The van der Waals surface area contributed by atoms with Crippen molar-refractivity contribution in [1.29, 1.82) is 0 Å². The number of hydrogen-bond donors (Lipinski definition) is 1. The lowest BCUT2D eigenvalue weighted by atomic mass is 10.1. The van der Waals surface area contributed by atoms with Crippen molar-refractivity contribution in [3.05, 3.63) is 34.9 Å². The Labute approximate surface area is 118 Å². The number of nitrogens with zero attached hydrogens (tertiary/aromatic N) is 1. The van der Waals surface area contributed by atoms with Gasteiger partial charge in [0.2, 0.25) is 0 Å². The van der Waals surface area contributed by atoms with E-state index in [9.17, 15) is 4.79 Å². The third kappa shape index (κ3) is 6.25. The SMILES string of the molecule is CC(C)[C@@H](C)NC(=O)CO/N=C\c1ccc(Cl)cc1. The van der Waals surface area contributed by atoms with E-state index in [0.29, 0.717) is 10.9 Å². The first-order valence-corrected chi connectivity index (χ1v) is 6.57. The molecule has 4 nitrogen and oxygen atoms in total. The Morgan fingerprint density at radius 2 is 2.00 bits per heavy atom. The Morgan fingerprint density at radius 1 is 1.37 bits per heavy atom. The summed E-state index contributed by atoms with van der Waals surface area (Å²) in [7, 11) is 0. The molecule has 0 heterocycles. The van der Waals surface area contributed by atoms with Gasteiger partial charge in [0.1, 0.15) is 0 Å². The second-order valence-electron chi connectivity index (χ2n) is 4.66. The predicted octanol–water partition coefficient (Wildman–Crippen LogP) is 2.85. The topological polar surface area (TPSA) is 50.7 Å². The highest BCUT2D eigenvalue weighted by Gasteiger charge is 2.10. The molecule has 1 aromatic carbocycles. The number of halogens is 1. The second-order valence-corrected chi connectivity index (χ2v) is 5.10. The van der Waals surface area contributed by atoms with Crippen LogP contribution in [0.25, 0.3) is 0 Å². The van der Waals surface area contributed by atoms with Crippen molar-refractivity contribution in [2.45, 2.75) is 26.8 Å². The number of rotatable bonds is 6. The third-order valence-corrected chi connectivity index (χ3v) is 2.98. The molecule has 0 saturated carbocycles. The minimum atomic E-state index is -0.172. The molecular formula is C14H19ClN2O2. The maximum Gasteiger partial charge on any atom is 0.260 e. The Kier molecular flexibility index (Phi) is 6.36. The summed E-state index contributed by atoms with van der Waals surface area (Å²) in [4.78, 5) is 16.4. The van der Waals surface area contributed by atoms with Crippen LogP contribution in [0.2, 0.25) is 5.02 Å². The molecule has 5 heteroatoms. The molecule has 0 bridgehead atoms. The van der Waals surface area contributed by atoms with Crippen molar-refractivity contribution in [3.8, 4) is 0 Å². The van der Waals surface area contributed by atoms with Crippen molar-refractivity contribution in [2.75, 3.05) is 6.61 Å². The van der Waals surface area contributed by atoms with E-state index in [-0.39, 0.29) is 18.6 Å². The van der Waals surface area contributed by atoms with Gasteiger partial charge in [0, 0.05) is 11.1 Å². The maximum atomic E-state index is 11.5. The summed E-state index contributed by atoms with van der Waals surface area (Å²) in [6.07, 6.45) is 1.54. The van der Waals surface area contributed by atoms with Gasteiger partial charge in [0.05, 0.1) is 6.21 Å². The van der Waals surface area contributed by atoms with Crippen LogP contribution in [0.5, 0.6) is 0 Å². The van der Waals surface area contributed by atoms with E-state index in [4.69, 9.17) is 16.4 Å². The summed E-state index contributed by atoms with van der Waals surface area (Å²) in [5.41, 5.74) is 0.861. The standard InChI is InChI=1S/C14H19ClN2O2/c1-10(2)11(3)17-14(18)9-19-16-8-12-4-6-13(15)7-5-12/h4-8,10-11H,9H2,1-3H3,(H,17,18)/b16-8-/t11-/m1/s1. The molecule has 1 atom stereocenters. The van der Waals surface area contributed by atoms with Gasteiger partial charge in [-0.25, -0.2) is 0 Å². The zero-order valence-electron chi connectivity index (χ0n) is 11.4. The van der Waals surface area contributed by atoms with Crippen molar-refractivity contribution < 1.29 is 9.63 Å². The van der Waals surface area contributed by atoms with Crippen LogP contribution in [0, 0.1) is 5.92 Å². The minimum Gasteiger partial charge on any atom is -0.386 e. The first-order valence-electron chi connectivity index (χ1n) is 6.19. The van der Waals surface area contributed by atoms with E-state index in [1.807, 2.05) is 32.9 Å². The zero-order valence-corrected chi connectivity index (χ0v) is 12.1. The van der Waals surface area contributed by atoms with Gasteiger partial charge in [-0.1, -0.05) is 42.7 Å². The quantitative estimate of drug-likeness (QED) is 0.644. The fourth-order valence-corrected chi connectivity index (χ4v) is 1.33. The molecule has 1 rings (SSSR count). The Balaban J connectivity index is 2.30. The van der Waals surface area contributed by atoms with Crippen LogP contribution >= 0.6 is 11.6 Å². The average molecular weight is 283 g/mol. The molecule has 0 aliphatic heterocycles. The van der Waals surface area contributed by atoms with Crippen LogP contribution in [-0.2, 0) is 9.63 Å². The molecule has 0 aromatic heterocycles. The number of carbonyl (C=O) groups excluding carboxylic acids is 1. The van der Waals surface area contributed by atoms with Crippen molar-refractivity contribution in [2.24, 2.45) is 11.1 Å². The minimum absolute atomic E-state index is 0.0822. The van der Waals surface area contributed by atoms with Crippen LogP contribution in [0.4, 0.5) is 0 Å². The molecule has 0 unspecified atom stereocenters. The molecule has 0 radical (unpaired) electrons. The second kappa shape index (κ2) is 7.79. The van der Waals surface area contributed by atoms with Gasteiger partial charge in [0.25, 0.3) is 5.91 Å². The molecule has 0 spiro atoms. The Bertz CT molecular complexity index is 430. The molecule has 104 valence electrons. The van der Waals surface area contributed by atoms with E-state index < -0.39 is 0 Å². The predicted molar refractivity (Wildman–Crippen MR) is 77.4 cm³/mol. The molecule has 0 saturated heterocycles. The first kappa shape index (κ1) is 15.5. The first-order chi connectivity index (χ1) is 8.99. The van der Waals surface area contributed by atoms with Gasteiger partial charge >= 0.3 is 0 Å². The van der Waals surface area contributed by atoms with E-state index in [2.05, 4.69) is 10.5 Å². The lowest BCUT2D eigenvalue weighted by Gasteiger charge is -2.16. The average Bonchev–Trinajstić information content (AvgIpc) is 2.36. The molecule has 0 aliphatic rings. The van der Waals surface area contributed by atoms with Crippen LogP contribution in [0.3, 0.4) is 0 Å². The maximum absolute atomic E-state index is 11.5. The van der Waals surface area contributed by atoms with Gasteiger partial charge < -0.3 is 10.2 Å². The molecule has 1 aromatic rings. The number of benzene rings is 1. The smallest absolute Gasteiger partial charge is 0.260 e. The number of nitrogens with one attached hydrogen (secondary N) is 1. The van der Waals surface area contributed by atoms with Crippen LogP contribution in [0.1, 0.15) is 26.3 Å². The van der Waals surface area contributed by atoms with E-state index in [1.165, 1.54) is 6.21 Å². The normalized spacial score (nSPS) is 12.7. The highest BCUT2D eigenvalue weighted by Crippen LogP contribution is 2.07. The van der Waals surface area contributed by atoms with Gasteiger partial charge in [0.15, 0.2) is 6.61 Å². The fourth-order valence-electron chi connectivity index (χ4n) is 1.21. The highest BCUT2D eigenvalue weighted by atomic mass is 35.5. The lowest BCUT2D eigenvalue weighted by Crippen LogP contribution is -2.38. The summed E-state index contributed by atoms with van der Waals surface area (Å²) in [6, 6.07) is 7.28. The summed E-state index contributed by atoms with van der Waals surface area (Å²) in [5, 5.41) is 7.23. The molecule has 0 fully saturated rings. The van der Waals surface area contributed by atoms with Gasteiger partial charge in [-0.2, -0.15) is 0 Å². The van der Waals surface area contributed by atoms with Crippen molar-refractivity contribution in [3.63, 3.8) is 0 Å². The Hall–Kier alpha value is -1.55.